The van der Waals surface area contributed by atoms with Gasteiger partial charge < -0.3 is 10.1 Å². The van der Waals surface area contributed by atoms with Crippen molar-refractivity contribution in [3.05, 3.63) is 70.8 Å². The first-order valence-electron chi connectivity index (χ1n) is 6.90. The number of hydrogen-bond donors (Lipinski definition) is 1. The van der Waals surface area contributed by atoms with Crippen molar-refractivity contribution in [3.8, 4) is 0 Å². The Kier molecular flexibility index (Phi) is 5.41. The molecule has 0 bridgehead atoms. The van der Waals surface area contributed by atoms with Crippen LogP contribution in [0.1, 0.15) is 21.5 Å². The van der Waals surface area contributed by atoms with Crippen LogP contribution in [0.25, 0.3) is 0 Å². The molecular weight excluding hydrogens is 304 g/mol. The molecule has 1 N–H and O–H groups in total. The molecule has 2 rings (SSSR count). The standard InChI is InChI=1S/C17H15F2NO3/c1-11-2-5-13(8-15(11)19)17(22)23-10-16(21)20-9-12-3-6-14(18)7-4-12/h2-8H,9-10H2,1H3,(H,20,21). The van der Waals surface area contributed by atoms with Crippen molar-refractivity contribution < 1.29 is 23.1 Å². The summed E-state index contributed by atoms with van der Waals surface area (Å²) in [6.07, 6.45) is 0. The molecular formula is C17H15F2NO3. The molecule has 1 amide bonds. The number of amides is 1. The third-order valence-corrected chi connectivity index (χ3v) is 3.14. The molecule has 0 unspecified atom stereocenters. The Morgan fingerprint density at radius 2 is 1.78 bits per heavy atom. The largest absolute Gasteiger partial charge is 0.452 e. The van der Waals surface area contributed by atoms with Crippen LogP contribution in [0.2, 0.25) is 0 Å². The van der Waals surface area contributed by atoms with Gasteiger partial charge in [-0.1, -0.05) is 18.2 Å². The maximum atomic E-state index is 13.4. The van der Waals surface area contributed by atoms with E-state index in [1.807, 2.05) is 0 Å². The molecule has 120 valence electrons. The molecule has 0 saturated heterocycles. The zero-order valence-electron chi connectivity index (χ0n) is 12.4. The molecule has 0 aromatic heterocycles. The van der Waals surface area contributed by atoms with Crippen molar-refractivity contribution >= 4 is 11.9 Å². The first kappa shape index (κ1) is 16.6. The lowest BCUT2D eigenvalue weighted by atomic mass is 10.1. The molecule has 4 nitrogen and oxygen atoms in total. The summed E-state index contributed by atoms with van der Waals surface area (Å²) in [6, 6.07) is 9.60. The number of esters is 1. The smallest absolute Gasteiger partial charge is 0.338 e. The third-order valence-electron chi connectivity index (χ3n) is 3.14. The minimum absolute atomic E-state index is 0.0411. The van der Waals surface area contributed by atoms with Crippen LogP contribution in [-0.2, 0) is 16.1 Å². The lowest BCUT2D eigenvalue weighted by molar-refractivity contribution is -0.124. The second-order valence-electron chi connectivity index (χ2n) is 4.94. The van der Waals surface area contributed by atoms with Crippen LogP contribution in [0.3, 0.4) is 0 Å². The van der Waals surface area contributed by atoms with E-state index in [9.17, 15) is 18.4 Å². The average molecular weight is 319 g/mol. The Hall–Kier alpha value is -2.76. The number of nitrogens with one attached hydrogen (secondary N) is 1. The van der Waals surface area contributed by atoms with E-state index >= 15 is 0 Å². The summed E-state index contributed by atoms with van der Waals surface area (Å²) < 4.78 is 30.9. The highest BCUT2D eigenvalue weighted by Crippen LogP contribution is 2.10. The minimum atomic E-state index is -0.777. The van der Waals surface area contributed by atoms with Gasteiger partial charge in [0, 0.05) is 6.54 Å². The molecule has 2 aromatic carbocycles. The summed E-state index contributed by atoms with van der Waals surface area (Å²) in [5.41, 5.74) is 1.17. The van der Waals surface area contributed by atoms with Crippen LogP contribution in [0.15, 0.2) is 42.5 Å². The SMILES string of the molecule is Cc1ccc(C(=O)OCC(=O)NCc2ccc(F)cc2)cc1F. The van der Waals surface area contributed by atoms with Crippen molar-refractivity contribution in [2.24, 2.45) is 0 Å². The van der Waals surface area contributed by atoms with E-state index in [2.05, 4.69) is 5.32 Å². The predicted octanol–water partition coefficient (Wildman–Crippen LogP) is 2.75. The number of halogens is 2. The number of carbonyl (C=O) groups is 2. The van der Waals surface area contributed by atoms with Gasteiger partial charge >= 0.3 is 5.97 Å². The van der Waals surface area contributed by atoms with Gasteiger partial charge in [0.1, 0.15) is 11.6 Å². The fraction of sp³-hybridized carbons (Fsp3) is 0.176. The van der Waals surface area contributed by atoms with Gasteiger partial charge in [-0.25, -0.2) is 13.6 Å². The number of aryl methyl sites for hydroxylation is 1. The summed E-state index contributed by atoms with van der Waals surface area (Å²) >= 11 is 0. The van der Waals surface area contributed by atoms with E-state index < -0.39 is 24.3 Å². The van der Waals surface area contributed by atoms with Crippen LogP contribution >= 0.6 is 0 Å². The number of carbonyl (C=O) groups excluding carboxylic acids is 2. The van der Waals surface area contributed by atoms with Gasteiger partial charge in [-0.05, 0) is 42.3 Å². The lowest BCUT2D eigenvalue weighted by Gasteiger charge is -2.07. The van der Waals surface area contributed by atoms with Gasteiger partial charge in [0.25, 0.3) is 5.91 Å². The zero-order valence-corrected chi connectivity index (χ0v) is 12.4. The van der Waals surface area contributed by atoms with Crippen molar-refractivity contribution in [2.45, 2.75) is 13.5 Å². The minimum Gasteiger partial charge on any atom is -0.452 e. The maximum absolute atomic E-state index is 13.4. The fourth-order valence-corrected chi connectivity index (χ4v) is 1.79. The van der Waals surface area contributed by atoms with Gasteiger partial charge in [0.2, 0.25) is 0 Å². The first-order valence-corrected chi connectivity index (χ1v) is 6.90. The molecule has 0 atom stereocenters. The quantitative estimate of drug-likeness (QED) is 0.862. The molecule has 23 heavy (non-hydrogen) atoms. The van der Waals surface area contributed by atoms with Crippen molar-refractivity contribution in [3.63, 3.8) is 0 Å². The van der Waals surface area contributed by atoms with Gasteiger partial charge in [0.15, 0.2) is 6.61 Å². The molecule has 0 heterocycles. The van der Waals surface area contributed by atoms with Crippen LogP contribution < -0.4 is 5.32 Å². The van der Waals surface area contributed by atoms with Crippen molar-refractivity contribution in [1.82, 2.24) is 5.32 Å². The summed E-state index contributed by atoms with van der Waals surface area (Å²) in [7, 11) is 0. The Labute approximate surface area is 132 Å². The number of rotatable bonds is 5. The summed E-state index contributed by atoms with van der Waals surface area (Å²) in [4.78, 5) is 23.3. The molecule has 0 aliphatic rings. The zero-order chi connectivity index (χ0) is 16.8. The number of benzene rings is 2. The van der Waals surface area contributed by atoms with Crippen LogP contribution in [0.4, 0.5) is 8.78 Å². The third kappa shape index (κ3) is 4.88. The summed E-state index contributed by atoms with van der Waals surface area (Å²) in [5.74, 6) is -2.16. The Balaban J connectivity index is 1.80. The molecule has 0 fully saturated rings. The summed E-state index contributed by atoms with van der Waals surface area (Å²) in [5, 5.41) is 2.53. The van der Waals surface area contributed by atoms with E-state index in [1.54, 1.807) is 6.92 Å². The normalized spacial score (nSPS) is 10.2. The first-order chi connectivity index (χ1) is 11.0. The Bertz CT molecular complexity index is 714. The predicted molar refractivity (Wildman–Crippen MR) is 79.7 cm³/mol. The topological polar surface area (TPSA) is 55.4 Å². The van der Waals surface area contributed by atoms with Gasteiger partial charge in [-0.2, -0.15) is 0 Å². The molecule has 2 aromatic rings. The van der Waals surface area contributed by atoms with E-state index in [0.717, 1.165) is 6.07 Å². The summed E-state index contributed by atoms with van der Waals surface area (Å²) in [6.45, 7) is 1.29. The van der Waals surface area contributed by atoms with Crippen LogP contribution in [0.5, 0.6) is 0 Å². The highest BCUT2D eigenvalue weighted by molar-refractivity contribution is 5.91. The second kappa shape index (κ2) is 7.49. The molecule has 0 spiro atoms. The highest BCUT2D eigenvalue weighted by atomic mass is 19.1. The molecule has 0 radical (unpaired) electrons. The van der Waals surface area contributed by atoms with Gasteiger partial charge in [-0.15, -0.1) is 0 Å². The van der Waals surface area contributed by atoms with Crippen molar-refractivity contribution in [2.75, 3.05) is 6.61 Å². The number of ether oxygens (including phenoxy) is 1. The molecule has 0 saturated carbocycles. The lowest BCUT2D eigenvalue weighted by Crippen LogP contribution is -2.28. The Morgan fingerprint density at radius 1 is 1.09 bits per heavy atom. The van der Waals surface area contributed by atoms with Gasteiger partial charge in [-0.3, -0.25) is 4.79 Å². The monoisotopic (exact) mass is 319 g/mol. The Morgan fingerprint density at radius 3 is 2.43 bits per heavy atom. The van der Waals surface area contributed by atoms with E-state index in [1.165, 1.54) is 36.4 Å². The van der Waals surface area contributed by atoms with Crippen molar-refractivity contribution in [1.29, 1.82) is 0 Å². The average Bonchev–Trinajstić information content (AvgIpc) is 2.54. The van der Waals surface area contributed by atoms with Crippen LogP contribution in [0, 0.1) is 18.6 Å². The molecule has 0 aliphatic carbocycles. The fourth-order valence-electron chi connectivity index (χ4n) is 1.79. The number of hydrogen-bond acceptors (Lipinski definition) is 3. The van der Waals surface area contributed by atoms with E-state index in [0.29, 0.717) is 11.1 Å². The van der Waals surface area contributed by atoms with E-state index in [4.69, 9.17) is 4.74 Å². The maximum Gasteiger partial charge on any atom is 0.338 e. The van der Waals surface area contributed by atoms with Crippen LogP contribution in [-0.4, -0.2) is 18.5 Å². The molecule has 6 heteroatoms. The second-order valence-corrected chi connectivity index (χ2v) is 4.94. The highest BCUT2D eigenvalue weighted by Gasteiger charge is 2.11. The molecule has 0 aliphatic heterocycles. The van der Waals surface area contributed by atoms with E-state index in [-0.39, 0.29) is 17.9 Å². The van der Waals surface area contributed by atoms with Gasteiger partial charge in [0.05, 0.1) is 5.56 Å².